The smallest absolute Gasteiger partial charge is 0.196 e. The zero-order valence-corrected chi connectivity index (χ0v) is 30.8. The first-order valence-electron chi connectivity index (χ1n) is 19.2. The van der Waals surface area contributed by atoms with Gasteiger partial charge in [0, 0.05) is 120 Å². The second-order valence-corrected chi connectivity index (χ2v) is 14.7. The van der Waals surface area contributed by atoms with Gasteiger partial charge in [-0.3, -0.25) is 19.4 Å². The monoisotopic (exact) mass is 768 g/mol. The number of aryl methyl sites for hydroxylation is 1. The average Bonchev–Trinajstić information content (AvgIpc) is 3.82. The molecule has 55 heavy (non-hydrogen) atoms. The van der Waals surface area contributed by atoms with Crippen LogP contribution in [0.3, 0.4) is 0 Å². The highest BCUT2D eigenvalue weighted by atomic mass is 19.2. The molecule has 294 valence electrons. The lowest BCUT2D eigenvalue weighted by Gasteiger charge is -2.36. The van der Waals surface area contributed by atoms with E-state index in [1.54, 1.807) is 9.80 Å². The van der Waals surface area contributed by atoms with Crippen molar-refractivity contribution in [3.05, 3.63) is 106 Å². The molecule has 0 saturated carbocycles. The molecule has 4 aliphatic rings. The van der Waals surface area contributed by atoms with Crippen molar-refractivity contribution in [1.82, 2.24) is 18.9 Å². The van der Waals surface area contributed by atoms with Crippen LogP contribution in [0.5, 0.6) is 0 Å². The predicted molar refractivity (Wildman–Crippen MR) is 198 cm³/mol. The molecule has 8 nitrogen and oxygen atoms in total. The number of aromatic nitrogens is 2. The van der Waals surface area contributed by atoms with Crippen molar-refractivity contribution >= 4 is 22.9 Å². The van der Waals surface area contributed by atoms with Crippen LogP contribution in [0.1, 0.15) is 64.2 Å². The molecule has 0 unspecified atom stereocenters. The lowest BCUT2D eigenvalue weighted by molar-refractivity contribution is 0.0963. The van der Waals surface area contributed by atoms with E-state index in [0.717, 1.165) is 119 Å². The number of benzene rings is 2. The van der Waals surface area contributed by atoms with E-state index in [4.69, 9.17) is 0 Å². The topological polar surface area (TPSA) is 57.0 Å². The van der Waals surface area contributed by atoms with Crippen LogP contribution in [0, 0.1) is 34.9 Å². The normalized spacial score (nSPS) is 17.9. The van der Waals surface area contributed by atoms with Gasteiger partial charge < -0.3 is 18.9 Å². The first kappa shape index (κ1) is 38.7. The average molecular weight is 769 g/mol. The molecular formula is C41H46F6N6O2. The number of halogens is 6. The summed E-state index contributed by atoms with van der Waals surface area (Å²) in [5, 5.41) is 0. The van der Waals surface area contributed by atoms with E-state index in [2.05, 4.69) is 18.9 Å². The summed E-state index contributed by atoms with van der Waals surface area (Å²) in [6.45, 7) is 8.66. The van der Waals surface area contributed by atoms with Crippen molar-refractivity contribution < 1.29 is 35.9 Å². The predicted octanol–water partition coefficient (Wildman–Crippen LogP) is 6.88. The van der Waals surface area contributed by atoms with Crippen LogP contribution in [-0.2, 0) is 25.9 Å². The number of piperazine rings is 2. The second kappa shape index (κ2) is 17.1. The van der Waals surface area contributed by atoms with Crippen LogP contribution >= 0.6 is 0 Å². The van der Waals surface area contributed by atoms with Crippen molar-refractivity contribution in [2.45, 2.75) is 58.0 Å². The van der Waals surface area contributed by atoms with E-state index >= 15 is 0 Å². The maximum Gasteiger partial charge on any atom is 0.196 e. The van der Waals surface area contributed by atoms with E-state index in [-0.39, 0.29) is 22.9 Å². The number of Topliss-reactive ketones (excluding diaryl/α,β-unsaturated/α-hetero) is 2. The number of carbonyl (C=O) groups is 2. The summed E-state index contributed by atoms with van der Waals surface area (Å²) in [4.78, 5) is 32.0. The van der Waals surface area contributed by atoms with Crippen LogP contribution in [0.2, 0.25) is 0 Å². The maximum atomic E-state index is 14.0. The summed E-state index contributed by atoms with van der Waals surface area (Å²) >= 11 is 0. The minimum atomic E-state index is -1.41. The van der Waals surface area contributed by atoms with Crippen molar-refractivity contribution in [2.24, 2.45) is 0 Å². The summed E-state index contributed by atoms with van der Waals surface area (Å²) in [7, 11) is 0. The highest BCUT2D eigenvalue weighted by molar-refractivity contribution is 5.98. The molecule has 2 aromatic heterocycles. The fourth-order valence-corrected chi connectivity index (χ4v) is 8.25. The highest BCUT2D eigenvalue weighted by Gasteiger charge is 2.26. The van der Waals surface area contributed by atoms with E-state index in [0.29, 0.717) is 39.0 Å². The van der Waals surface area contributed by atoms with Gasteiger partial charge in [-0.05, 0) is 75.0 Å². The summed E-state index contributed by atoms with van der Waals surface area (Å²) in [6, 6.07) is 8.40. The molecule has 2 fully saturated rings. The summed E-state index contributed by atoms with van der Waals surface area (Å²) in [5.41, 5.74) is 4.28. The first-order valence-corrected chi connectivity index (χ1v) is 19.2. The van der Waals surface area contributed by atoms with Gasteiger partial charge >= 0.3 is 0 Å². The third-order valence-electron chi connectivity index (χ3n) is 11.4. The molecule has 8 rings (SSSR count). The Hall–Kier alpha value is -4.56. The van der Waals surface area contributed by atoms with Gasteiger partial charge in [-0.15, -0.1) is 0 Å². The first-order chi connectivity index (χ1) is 26.6. The zero-order valence-electron chi connectivity index (χ0n) is 30.8. The van der Waals surface area contributed by atoms with Crippen molar-refractivity contribution in [3.8, 4) is 0 Å². The molecule has 2 aromatic carbocycles. The SMILES string of the molecule is O=C1CCCc2c1ccn2CCCN1CCN(c2ccc(F)c(F)c2F)CC1.O=C1CCCc2c1ccn2CCN1CCN(c2ccc(F)c(F)c2F)CC1. The summed E-state index contributed by atoms with van der Waals surface area (Å²) in [5.74, 6) is -6.89. The maximum absolute atomic E-state index is 14.0. The molecule has 0 atom stereocenters. The Labute approximate surface area is 316 Å². The highest BCUT2D eigenvalue weighted by Crippen LogP contribution is 2.27. The third kappa shape index (κ3) is 8.50. The summed E-state index contributed by atoms with van der Waals surface area (Å²) < 4.78 is 85.4. The molecule has 4 heterocycles. The minimum Gasteiger partial charge on any atom is -0.367 e. The van der Waals surface area contributed by atoms with Gasteiger partial charge in [-0.1, -0.05) is 0 Å². The molecule has 0 bridgehead atoms. The quantitative estimate of drug-likeness (QED) is 0.137. The molecule has 2 aliphatic heterocycles. The Kier molecular flexibility index (Phi) is 12.0. The molecule has 4 aromatic rings. The van der Waals surface area contributed by atoms with Crippen LogP contribution < -0.4 is 9.80 Å². The Morgan fingerprint density at radius 3 is 1.36 bits per heavy atom. The fourth-order valence-electron chi connectivity index (χ4n) is 8.25. The number of fused-ring (bicyclic) bond motifs is 2. The van der Waals surface area contributed by atoms with Gasteiger partial charge in [0.05, 0.1) is 11.4 Å². The molecule has 0 radical (unpaired) electrons. The van der Waals surface area contributed by atoms with E-state index in [1.807, 2.05) is 24.5 Å². The van der Waals surface area contributed by atoms with Crippen LogP contribution in [0.15, 0.2) is 48.8 Å². The number of anilines is 2. The number of carbonyl (C=O) groups excluding carboxylic acids is 2. The van der Waals surface area contributed by atoms with Crippen molar-refractivity contribution in [2.75, 3.05) is 75.2 Å². The largest absolute Gasteiger partial charge is 0.367 e. The van der Waals surface area contributed by atoms with Gasteiger partial charge in [0.25, 0.3) is 0 Å². The van der Waals surface area contributed by atoms with Gasteiger partial charge in [0.1, 0.15) is 0 Å². The Morgan fingerprint density at radius 1 is 0.455 bits per heavy atom. The standard InChI is InChI=1S/C21H24F3N3O.C20H22F3N3O/c22-16-5-6-18(21(24)20(16)23)27-13-11-25(12-14-27)8-2-9-26-10-7-15-17(26)3-1-4-19(15)28;21-15-4-5-17(20(23)19(15)22)26-12-9-24(10-13-26)8-11-25-7-6-14-16(25)2-1-3-18(14)27/h5-7,10H,1-4,8-9,11-14H2;4-7H,1-3,8-13H2. The number of hydrogen-bond acceptors (Lipinski definition) is 6. The molecule has 2 aliphatic carbocycles. The Bertz CT molecular complexity index is 2010. The van der Waals surface area contributed by atoms with Gasteiger partial charge in [-0.25, -0.2) is 26.3 Å². The van der Waals surface area contributed by atoms with Crippen LogP contribution in [-0.4, -0.2) is 95.9 Å². The second-order valence-electron chi connectivity index (χ2n) is 14.7. The minimum absolute atomic E-state index is 0.117. The van der Waals surface area contributed by atoms with Crippen LogP contribution in [0.4, 0.5) is 37.7 Å². The number of rotatable bonds is 9. The molecule has 0 amide bonds. The Balaban J connectivity index is 0.000000169. The van der Waals surface area contributed by atoms with E-state index < -0.39 is 34.9 Å². The fraction of sp³-hybridized carbons (Fsp3) is 0.463. The van der Waals surface area contributed by atoms with Gasteiger partial charge in [0.2, 0.25) is 0 Å². The number of ketones is 2. The Morgan fingerprint density at radius 2 is 0.891 bits per heavy atom. The molecular weight excluding hydrogens is 722 g/mol. The van der Waals surface area contributed by atoms with Gasteiger partial charge in [0.15, 0.2) is 46.5 Å². The zero-order chi connectivity index (χ0) is 38.6. The number of hydrogen-bond donors (Lipinski definition) is 0. The molecule has 2 saturated heterocycles. The summed E-state index contributed by atoms with van der Waals surface area (Å²) in [6.07, 6.45) is 10.0. The lowest BCUT2D eigenvalue weighted by Crippen LogP contribution is -2.47. The molecule has 0 spiro atoms. The third-order valence-corrected chi connectivity index (χ3v) is 11.4. The number of nitrogens with zero attached hydrogens (tertiary/aromatic N) is 6. The van der Waals surface area contributed by atoms with Crippen LogP contribution in [0.25, 0.3) is 0 Å². The van der Waals surface area contributed by atoms with Crippen molar-refractivity contribution in [1.29, 1.82) is 0 Å². The molecule has 14 heteroatoms. The van der Waals surface area contributed by atoms with Crippen molar-refractivity contribution in [3.63, 3.8) is 0 Å². The van der Waals surface area contributed by atoms with E-state index in [9.17, 15) is 35.9 Å². The lowest BCUT2D eigenvalue weighted by atomic mass is 9.97. The van der Waals surface area contributed by atoms with Gasteiger partial charge in [-0.2, -0.15) is 0 Å². The molecule has 0 N–H and O–H groups in total. The van der Waals surface area contributed by atoms with E-state index in [1.165, 1.54) is 12.1 Å².